The van der Waals surface area contributed by atoms with E-state index in [2.05, 4.69) is 5.32 Å². The van der Waals surface area contributed by atoms with E-state index in [4.69, 9.17) is 5.73 Å². The van der Waals surface area contributed by atoms with Gasteiger partial charge in [-0.1, -0.05) is 13.3 Å². The van der Waals surface area contributed by atoms with Crippen molar-refractivity contribution in [2.45, 2.75) is 43.9 Å². The van der Waals surface area contributed by atoms with Crippen molar-refractivity contribution in [2.24, 2.45) is 5.73 Å². The van der Waals surface area contributed by atoms with Gasteiger partial charge in [-0.3, -0.25) is 4.79 Å². The zero-order valence-corrected chi connectivity index (χ0v) is 10.4. The lowest BCUT2D eigenvalue weighted by molar-refractivity contribution is -0.120. The Morgan fingerprint density at radius 3 is 2.75 bits per heavy atom. The van der Waals surface area contributed by atoms with Gasteiger partial charge in [0.05, 0.1) is 5.75 Å². The van der Waals surface area contributed by atoms with E-state index in [0.717, 1.165) is 12.8 Å². The highest BCUT2D eigenvalue weighted by Crippen LogP contribution is 2.19. The molecule has 1 aliphatic rings. The highest BCUT2D eigenvalue weighted by atomic mass is 32.2. The van der Waals surface area contributed by atoms with Crippen LogP contribution in [0.15, 0.2) is 0 Å². The van der Waals surface area contributed by atoms with E-state index in [1.807, 2.05) is 6.92 Å². The largest absolute Gasteiger partial charge is 0.353 e. The Labute approximate surface area is 96.7 Å². The second-order valence-corrected chi connectivity index (χ2v) is 6.57. The number of amides is 1. The zero-order chi connectivity index (χ0) is 12.2. The minimum absolute atomic E-state index is 0.102. The van der Waals surface area contributed by atoms with Crippen LogP contribution in [0, 0.1) is 0 Å². The van der Waals surface area contributed by atoms with Crippen LogP contribution in [0.4, 0.5) is 0 Å². The van der Waals surface area contributed by atoms with E-state index in [9.17, 15) is 13.2 Å². The Hall–Kier alpha value is -0.620. The monoisotopic (exact) mass is 248 g/mol. The van der Waals surface area contributed by atoms with Crippen LogP contribution in [0.1, 0.15) is 32.6 Å². The Bertz CT molecular complexity index is 340. The molecule has 1 saturated heterocycles. The van der Waals surface area contributed by atoms with Crippen molar-refractivity contribution in [2.75, 3.05) is 12.3 Å². The standard InChI is InChI=1S/C10H20N2O3S/c1-2-8(11)7-12-10(13)9-5-3-4-6-16(9,14)15/h8-9H,2-7,11H2,1H3,(H,12,13). The number of sulfone groups is 1. The molecular formula is C10H20N2O3S. The fourth-order valence-electron chi connectivity index (χ4n) is 1.74. The summed E-state index contributed by atoms with van der Waals surface area (Å²) in [6, 6.07) is -0.102. The maximum Gasteiger partial charge on any atom is 0.238 e. The summed E-state index contributed by atoms with van der Waals surface area (Å²) >= 11 is 0. The molecule has 0 bridgehead atoms. The van der Waals surface area contributed by atoms with Crippen LogP contribution in [0.3, 0.4) is 0 Å². The number of rotatable bonds is 4. The number of carbonyl (C=O) groups excluding carboxylic acids is 1. The van der Waals surface area contributed by atoms with Gasteiger partial charge in [0, 0.05) is 12.6 Å². The van der Waals surface area contributed by atoms with Gasteiger partial charge in [-0.2, -0.15) is 0 Å². The number of hydrogen-bond donors (Lipinski definition) is 2. The van der Waals surface area contributed by atoms with E-state index in [1.165, 1.54) is 0 Å². The second-order valence-electron chi connectivity index (χ2n) is 4.26. The normalized spacial score (nSPS) is 26.0. The maximum absolute atomic E-state index is 11.7. The summed E-state index contributed by atoms with van der Waals surface area (Å²) in [6.07, 6.45) is 2.67. The van der Waals surface area contributed by atoms with E-state index in [0.29, 0.717) is 19.4 Å². The predicted molar refractivity (Wildman–Crippen MR) is 62.7 cm³/mol. The van der Waals surface area contributed by atoms with Crippen LogP contribution in [0.25, 0.3) is 0 Å². The smallest absolute Gasteiger partial charge is 0.238 e. The number of nitrogens with two attached hydrogens (primary N) is 1. The molecule has 1 amide bonds. The first-order valence-electron chi connectivity index (χ1n) is 5.72. The van der Waals surface area contributed by atoms with E-state index < -0.39 is 15.1 Å². The molecule has 3 N–H and O–H groups in total. The van der Waals surface area contributed by atoms with Gasteiger partial charge in [-0.15, -0.1) is 0 Å². The lowest BCUT2D eigenvalue weighted by Gasteiger charge is -2.22. The number of nitrogens with one attached hydrogen (secondary N) is 1. The van der Waals surface area contributed by atoms with Crippen LogP contribution in [-0.2, 0) is 14.6 Å². The Morgan fingerprint density at radius 1 is 1.50 bits per heavy atom. The Kier molecular flexibility index (Phi) is 4.73. The zero-order valence-electron chi connectivity index (χ0n) is 9.61. The molecule has 2 unspecified atom stereocenters. The van der Waals surface area contributed by atoms with Crippen molar-refractivity contribution in [3.05, 3.63) is 0 Å². The van der Waals surface area contributed by atoms with Crippen LogP contribution in [0.5, 0.6) is 0 Å². The molecule has 5 nitrogen and oxygen atoms in total. The molecular weight excluding hydrogens is 228 g/mol. The van der Waals surface area contributed by atoms with Gasteiger partial charge in [0.25, 0.3) is 0 Å². The maximum atomic E-state index is 11.7. The van der Waals surface area contributed by atoms with Crippen LogP contribution in [-0.4, -0.2) is 37.9 Å². The quantitative estimate of drug-likeness (QED) is 0.721. The average Bonchev–Trinajstić information content (AvgIpc) is 2.24. The molecule has 16 heavy (non-hydrogen) atoms. The minimum Gasteiger partial charge on any atom is -0.353 e. The Balaban J connectivity index is 2.53. The second kappa shape index (κ2) is 5.63. The highest BCUT2D eigenvalue weighted by molar-refractivity contribution is 7.92. The fourth-order valence-corrected chi connectivity index (χ4v) is 3.57. The summed E-state index contributed by atoms with van der Waals surface area (Å²) in [7, 11) is -3.23. The summed E-state index contributed by atoms with van der Waals surface area (Å²) in [6.45, 7) is 2.27. The van der Waals surface area contributed by atoms with Crippen LogP contribution >= 0.6 is 0 Å². The summed E-state index contributed by atoms with van der Waals surface area (Å²) < 4.78 is 23.3. The summed E-state index contributed by atoms with van der Waals surface area (Å²) in [5.41, 5.74) is 5.65. The lowest BCUT2D eigenvalue weighted by atomic mass is 10.1. The first-order valence-corrected chi connectivity index (χ1v) is 7.43. The summed E-state index contributed by atoms with van der Waals surface area (Å²) in [5, 5.41) is 1.76. The van der Waals surface area contributed by atoms with Crippen molar-refractivity contribution < 1.29 is 13.2 Å². The number of hydrogen-bond acceptors (Lipinski definition) is 4. The molecule has 2 atom stereocenters. The van der Waals surface area contributed by atoms with Gasteiger partial charge in [-0.05, 0) is 19.3 Å². The van der Waals surface area contributed by atoms with Gasteiger partial charge < -0.3 is 11.1 Å². The van der Waals surface area contributed by atoms with Crippen LogP contribution < -0.4 is 11.1 Å². The van der Waals surface area contributed by atoms with E-state index >= 15 is 0 Å². The SMILES string of the molecule is CCC(N)CNC(=O)C1CCCCS1(=O)=O. The molecule has 0 aromatic heterocycles. The molecule has 1 fully saturated rings. The third-order valence-electron chi connectivity index (χ3n) is 2.93. The Morgan fingerprint density at radius 2 is 2.19 bits per heavy atom. The van der Waals surface area contributed by atoms with Gasteiger partial charge in [0.2, 0.25) is 5.91 Å². The summed E-state index contributed by atoms with van der Waals surface area (Å²) in [4.78, 5) is 11.7. The van der Waals surface area contributed by atoms with Crippen molar-refractivity contribution >= 4 is 15.7 Å². The van der Waals surface area contributed by atoms with E-state index in [1.54, 1.807) is 0 Å². The van der Waals surface area contributed by atoms with Crippen molar-refractivity contribution in [1.82, 2.24) is 5.32 Å². The molecule has 1 rings (SSSR count). The molecule has 0 aromatic carbocycles. The molecule has 0 saturated carbocycles. The molecule has 0 aliphatic carbocycles. The molecule has 0 aromatic rings. The number of carbonyl (C=O) groups is 1. The molecule has 1 heterocycles. The molecule has 0 spiro atoms. The van der Waals surface area contributed by atoms with Crippen molar-refractivity contribution in [3.63, 3.8) is 0 Å². The average molecular weight is 248 g/mol. The first-order chi connectivity index (χ1) is 7.47. The van der Waals surface area contributed by atoms with E-state index in [-0.39, 0.29) is 17.7 Å². The van der Waals surface area contributed by atoms with Crippen molar-refractivity contribution in [3.8, 4) is 0 Å². The first kappa shape index (κ1) is 13.4. The third-order valence-corrected chi connectivity index (χ3v) is 5.11. The van der Waals surface area contributed by atoms with Gasteiger partial charge in [-0.25, -0.2) is 8.42 Å². The topological polar surface area (TPSA) is 89.3 Å². The fraction of sp³-hybridized carbons (Fsp3) is 0.900. The van der Waals surface area contributed by atoms with Crippen LogP contribution in [0.2, 0.25) is 0 Å². The summed E-state index contributed by atoms with van der Waals surface area (Å²) in [5.74, 6) is -0.256. The molecule has 94 valence electrons. The predicted octanol–water partition coefficient (Wildman–Crippen LogP) is -0.193. The molecule has 6 heteroatoms. The van der Waals surface area contributed by atoms with Crippen molar-refractivity contribution in [1.29, 1.82) is 0 Å². The molecule has 1 aliphatic heterocycles. The van der Waals surface area contributed by atoms with Gasteiger partial charge in [0.1, 0.15) is 5.25 Å². The van der Waals surface area contributed by atoms with Gasteiger partial charge in [0.15, 0.2) is 9.84 Å². The van der Waals surface area contributed by atoms with Gasteiger partial charge >= 0.3 is 0 Å². The minimum atomic E-state index is -3.23. The highest BCUT2D eigenvalue weighted by Gasteiger charge is 2.34. The lowest BCUT2D eigenvalue weighted by Crippen LogP contribution is -2.46. The molecule has 0 radical (unpaired) electrons. The third kappa shape index (κ3) is 3.45.